The molecule has 0 heterocycles. The molecule has 1 aliphatic rings. The van der Waals surface area contributed by atoms with Gasteiger partial charge in [0.05, 0.1) is 6.04 Å². The van der Waals surface area contributed by atoms with E-state index in [1.54, 1.807) is 0 Å². The van der Waals surface area contributed by atoms with E-state index in [2.05, 4.69) is 62.2 Å². The molecule has 0 radical (unpaired) electrons. The summed E-state index contributed by atoms with van der Waals surface area (Å²) in [6.07, 6.45) is 4.92. The van der Waals surface area contributed by atoms with E-state index < -0.39 is 12.1 Å². The Labute approximate surface area is 227 Å². The average Bonchev–Trinajstić information content (AvgIpc) is 3.08. The van der Waals surface area contributed by atoms with Gasteiger partial charge in [0.2, 0.25) is 0 Å². The second-order valence-corrected chi connectivity index (χ2v) is 10.3. The highest BCUT2D eigenvalue weighted by molar-refractivity contribution is 5.72. The van der Waals surface area contributed by atoms with E-state index in [0.29, 0.717) is 13.0 Å². The fourth-order valence-electron chi connectivity index (χ4n) is 5.49. The summed E-state index contributed by atoms with van der Waals surface area (Å²) in [7, 11) is 3.62. The zero-order valence-electron chi connectivity index (χ0n) is 23.2. The van der Waals surface area contributed by atoms with Crippen molar-refractivity contribution in [2.24, 2.45) is 0 Å². The number of likely N-dealkylation sites (N-methyl/N-ethyl adjacent to an activating group) is 1. The lowest BCUT2D eigenvalue weighted by molar-refractivity contribution is -0.148. The van der Waals surface area contributed by atoms with Crippen LogP contribution in [0.2, 0.25) is 0 Å². The molecule has 1 N–H and O–H groups in total. The molecule has 0 aromatic heterocycles. The predicted molar refractivity (Wildman–Crippen MR) is 152 cm³/mol. The van der Waals surface area contributed by atoms with Crippen molar-refractivity contribution >= 4 is 5.97 Å². The van der Waals surface area contributed by atoms with Crippen molar-refractivity contribution in [3.8, 4) is 5.75 Å². The summed E-state index contributed by atoms with van der Waals surface area (Å²) in [5.41, 5.74) is 9.46. The lowest BCUT2D eigenvalue weighted by Crippen LogP contribution is -2.30. The number of carboxylic acid groups (broad SMARTS) is 1. The smallest absolute Gasteiger partial charge is 0.333 e. The third-order valence-corrected chi connectivity index (χ3v) is 7.68. The van der Waals surface area contributed by atoms with Crippen LogP contribution in [0.1, 0.15) is 65.3 Å². The Bertz CT molecular complexity index is 1220. The molecule has 1 aliphatic carbocycles. The molecule has 0 fully saturated rings. The number of aliphatic carboxylic acids is 1. The van der Waals surface area contributed by atoms with Crippen molar-refractivity contribution in [1.82, 2.24) is 4.90 Å². The topological polar surface area (TPSA) is 59.0 Å². The summed E-state index contributed by atoms with van der Waals surface area (Å²) in [5, 5.41) is 9.22. The molecule has 5 nitrogen and oxygen atoms in total. The number of ether oxygens (including phenoxy) is 2. The quantitative estimate of drug-likeness (QED) is 0.319. The van der Waals surface area contributed by atoms with Crippen LogP contribution in [0.3, 0.4) is 0 Å². The summed E-state index contributed by atoms with van der Waals surface area (Å²) < 4.78 is 11.2. The lowest BCUT2D eigenvalue weighted by atomic mass is 9.90. The molecule has 0 amide bonds. The molecule has 0 saturated carbocycles. The Morgan fingerprint density at radius 1 is 0.947 bits per heavy atom. The minimum Gasteiger partial charge on any atom is -0.492 e. The molecule has 38 heavy (non-hydrogen) atoms. The number of fused-ring (bicyclic) bond motifs is 2. The van der Waals surface area contributed by atoms with Gasteiger partial charge in [0, 0.05) is 20.1 Å². The molecule has 3 aromatic carbocycles. The molecule has 4 rings (SSSR count). The molecule has 2 unspecified atom stereocenters. The third kappa shape index (κ3) is 6.64. The second kappa shape index (κ2) is 13.1. The Hall–Kier alpha value is -3.15. The fourth-order valence-corrected chi connectivity index (χ4v) is 5.49. The van der Waals surface area contributed by atoms with Gasteiger partial charge >= 0.3 is 5.97 Å². The van der Waals surface area contributed by atoms with Crippen molar-refractivity contribution in [1.29, 1.82) is 0 Å². The van der Waals surface area contributed by atoms with Crippen LogP contribution < -0.4 is 4.74 Å². The fraction of sp³-hybridized carbons (Fsp3) is 0.424. The van der Waals surface area contributed by atoms with Crippen LogP contribution >= 0.6 is 0 Å². The number of hydrogen-bond donors (Lipinski definition) is 1. The largest absolute Gasteiger partial charge is 0.492 e. The van der Waals surface area contributed by atoms with Gasteiger partial charge in [-0.1, -0.05) is 68.8 Å². The Morgan fingerprint density at radius 3 is 2.34 bits per heavy atom. The van der Waals surface area contributed by atoms with Crippen molar-refractivity contribution < 1.29 is 19.4 Å². The highest BCUT2D eigenvalue weighted by atomic mass is 16.5. The Kier molecular flexibility index (Phi) is 9.59. The first-order valence-electron chi connectivity index (χ1n) is 13.8. The van der Waals surface area contributed by atoms with E-state index in [4.69, 9.17) is 9.47 Å². The van der Waals surface area contributed by atoms with Crippen LogP contribution in [0.5, 0.6) is 5.75 Å². The Balaban J connectivity index is 1.50. The first-order chi connectivity index (χ1) is 18.4. The van der Waals surface area contributed by atoms with E-state index in [1.807, 2.05) is 24.3 Å². The van der Waals surface area contributed by atoms with Crippen LogP contribution in [-0.2, 0) is 41.6 Å². The number of carbonyl (C=O) groups is 1. The maximum Gasteiger partial charge on any atom is 0.333 e. The van der Waals surface area contributed by atoms with Gasteiger partial charge in [0.1, 0.15) is 12.4 Å². The molecular weight excluding hydrogens is 474 g/mol. The van der Waals surface area contributed by atoms with Crippen LogP contribution in [-0.4, -0.2) is 49.4 Å². The van der Waals surface area contributed by atoms with Crippen molar-refractivity contribution in [2.75, 3.05) is 27.3 Å². The summed E-state index contributed by atoms with van der Waals surface area (Å²) in [6, 6.07) is 22.0. The van der Waals surface area contributed by atoms with Crippen molar-refractivity contribution in [3.05, 3.63) is 99.6 Å². The van der Waals surface area contributed by atoms with Crippen molar-refractivity contribution in [3.63, 3.8) is 0 Å². The predicted octanol–water partition coefficient (Wildman–Crippen LogP) is 6.04. The second-order valence-electron chi connectivity index (χ2n) is 10.3. The average molecular weight is 516 g/mol. The van der Waals surface area contributed by atoms with E-state index in [9.17, 15) is 9.90 Å². The minimum absolute atomic E-state index is 0.193. The molecule has 202 valence electrons. The summed E-state index contributed by atoms with van der Waals surface area (Å²) >= 11 is 0. The highest BCUT2D eigenvalue weighted by Gasteiger charge is 2.27. The summed E-state index contributed by atoms with van der Waals surface area (Å²) in [4.78, 5) is 13.7. The lowest BCUT2D eigenvalue weighted by Gasteiger charge is -2.31. The minimum atomic E-state index is -0.953. The number of hydrogen-bond acceptors (Lipinski definition) is 4. The summed E-state index contributed by atoms with van der Waals surface area (Å²) in [5.74, 6) is -0.170. The Morgan fingerprint density at radius 2 is 1.66 bits per heavy atom. The van der Waals surface area contributed by atoms with E-state index >= 15 is 0 Å². The molecule has 0 bridgehead atoms. The molecule has 0 spiro atoms. The number of aryl methyl sites for hydroxylation is 4. The van der Waals surface area contributed by atoms with Crippen LogP contribution in [0.4, 0.5) is 0 Å². The first-order valence-corrected chi connectivity index (χ1v) is 13.8. The van der Waals surface area contributed by atoms with Gasteiger partial charge in [0.15, 0.2) is 6.10 Å². The SMILES string of the molecule is CCCc1ccc2c(c1)C(N(C)CCOc1ccc(CC(OC)C(=O)O)cc1)c1ccc(CC)cc1CC2. The number of rotatable bonds is 12. The molecule has 3 aromatic rings. The van der Waals surface area contributed by atoms with Crippen LogP contribution in [0.25, 0.3) is 0 Å². The summed E-state index contributed by atoms with van der Waals surface area (Å²) in [6.45, 7) is 5.81. The standard InChI is InChI=1S/C33H41NO4/c1-5-7-24-8-12-26-13-14-27-20-23(6-2)11-17-29(27)32(30(26)21-24)34(3)18-19-38-28-15-9-25(10-16-28)22-31(37-4)33(35)36/h8-12,15-17,20-21,31-32H,5-7,13-14,18-19,22H2,1-4H3,(H,35,36). The maximum absolute atomic E-state index is 11.2. The van der Waals surface area contributed by atoms with Crippen LogP contribution in [0, 0.1) is 0 Å². The number of carboxylic acids is 1. The van der Waals surface area contributed by atoms with Crippen LogP contribution in [0.15, 0.2) is 60.7 Å². The van der Waals surface area contributed by atoms with Gasteiger partial charge in [-0.2, -0.15) is 0 Å². The maximum atomic E-state index is 11.2. The van der Waals surface area contributed by atoms with Gasteiger partial charge in [-0.15, -0.1) is 0 Å². The van der Waals surface area contributed by atoms with Crippen molar-refractivity contribution in [2.45, 2.75) is 64.5 Å². The van der Waals surface area contributed by atoms with Gasteiger partial charge in [-0.3, -0.25) is 4.90 Å². The zero-order valence-corrected chi connectivity index (χ0v) is 23.2. The van der Waals surface area contributed by atoms with E-state index in [1.165, 1.54) is 40.5 Å². The zero-order chi connectivity index (χ0) is 27.1. The highest BCUT2D eigenvalue weighted by Crippen LogP contribution is 2.37. The molecule has 0 saturated heterocycles. The molecule has 0 aliphatic heterocycles. The van der Waals surface area contributed by atoms with Gasteiger partial charge in [-0.25, -0.2) is 4.79 Å². The number of methoxy groups -OCH3 is 1. The number of benzene rings is 3. The van der Waals surface area contributed by atoms with E-state index in [0.717, 1.165) is 50.0 Å². The van der Waals surface area contributed by atoms with E-state index in [-0.39, 0.29) is 6.04 Å². The third-order valence-electron chi connectivity index (χ3n) is 7.68. The van der Waals surface area contributed by atoms with Gasteiger partial charge in [-0.05, 0) is 83.8 Å². The number of nitrogens with zero attached hydrogens (tertiary/aromatic N) is 1. The molecular formula is C33H41NO4. The van der Waals surface area contributed by atoms with Gasteiger partial charge < -0.3 is 14.6 Å². The normalized spacial score (nSPS) is 15.4. The first kappa shape index (κ1) is 27.9. The molecule has 5 heteroatoms. The molecule has 2 atom stereocenters. The van der Waals surface area contributed by atoms with Gasteiger partial charge in [0.25, 0.3) is 0 Å². The monoisotopic (exact) mass is 515 g/mol.